The van der Waals surface area contributed by atoms with Crippen molar-refractivity contribution in [2.75, 3.05) is 38.0 Å². The van der Waals surface area contributed by atoms with E-state index in [-0.39, 0.29) is 17.3 Å². The summed E-state index contributed by atoms with van der Waals surface area (Å²) in [5.41, 5.74) is 0.317. The van der Waals surface area contributed by atoms with Crippen molar-refractivity contribution < 1.29 is 23.0 Å². The van der Waals surface area contributed by atoms with Gasteiger partial charge in [-0.2, -0.15) is 0 Å². The minimum atomic E-state index is -3.68. The molecule has 0 spiro atoms. The lowest BCUT2D eigenvalue weighted by molar-refractivity contribution is 0.171. The predicted molar refractivity (Wildman–Crippen MR) is 78.9 cm³/mol. The molecule has 0 amide bonds. The minimum absolute atomic E-state index is 0.0241. The number of ether oxygens (including phenoxy) is 2. The molecule has 9 heteroatoms. The van der Waals surface area contributed by atoms with E-state index in [1.165, 1.54) is 13.1 Å². The number of alkyl halides is 1. The van der Waals surface area contributed by atoms with E-state index in [1.807, 2.05) is 0 Å². The Morgan fingerprint density at radius 2 is 1.95 bits per heavy atom. The normalized spacial score (nSPS) is 15.6. The first-order valence-corrected chi connectivity index (χ1v) is 8.35. The molecule has 2 rings (SSSR count). The molecule has 0 aliphatic carbocycles. The Balaban J connectivity index is 2.40. The summed E-state index contributed by atoms with van der Waals surface area (Å²) in [6.45, 7) is 0.883. The number of anilines is 1. The Morgan fingerprint density at radius 1 is 1.33 bits per heavy atom. The van der Waals surface area contributed by atoms with E-state index in [2.05, 4.69) is 10.0 Å². The van der Waals surface area contributed by atoms with Crippen LogP contribution in [0.2, 0.25) is 0 Å². The second-order valence-corrected chi connectivity index (χ2v) is 6.55. The van der Waals surface area contributed by atoms with Crippen LogP contribution in [0.25, 0.3) is 0 Å². The molecule has 1 atom stereocenters. The Hall–Kier alpha value is -1.22. The molecule has 1 aliphatic rings. The highest BCUT2D eigenvalue weighted by Crippen LogP contribution is 2.37. The zero-order valence-corrected chi connectivity index (χ0v) is 13.0. The highest BCUT2D eigenvalue weighted by atomic mass is 35.5. The summed E-state index contributed by atoms with van der Waals surface area (Å²) in [5, 5.41) is 12.4. The lowest BCUT2D eigenvalue weighted by Gasteiger charge is -2.22. The molecule has 0 aromatic heterocycles. The Morgan fingerprint density at radius 3 is 2.52 bits per heavy atom. The summed E-state index contributed by atoms with van der Waals surface area (Å²) < 4.78 is 37.2. The summed E-state index contributed by atoms with van der Waals surface area (Å²) in [5.74, 6) is 0.878. The maximum Gasteiger partial charge on any atom is 0.242 e. The molecule has 0 saturated carbocycles. The molecule has 0 saturated heterocycles. The standard InChI is InChI=1S/C12H17ClN2O5S/c1-14-21(17,18)12-5-11-10(19-2-3-20-11)4-9(12)15-7-8(16)6-13/h4-5,8,14-16H,2-3,6-7H2,1H3. The monoisotopic (exact) mass is 336 g/mol. The second-order valence-electron chi connectivity index (χ2n) is 4.39. The molecule has 7 nitrogen and oxygen atoms in total. The number of rotatable bonds is 6. The fraction of sp³-hybridized carbons (Fsp3) is 0.500. The van der Waals surface area contributed by atoms with Gasteiger partial charge in [-0.1, -0.05) is 0 Å². The molecule has 21 heavy (non-hydrogen) atoms. The van der Waals surface area contributed by atoms with Gasteiger partial charge in [-0.05, 0) is 7.05 Å². The Bertz CT molecular complexity index is 608. The van der Waals surface area contributed by atoms with Gasteiger partial charge in [0.15, 0.2) is 11.5 Å². The van der Waals surface area contributed by atoms with E-state index in [1.54, 1.807) is 6.07 Å². The van der Waals surface area contributed by atoms with E-state index in [9.17, 15) is 13.5 Å². The van der Waals surface area contributed by atoms with E-state index < -0.39 is 16.1 Å². The van der Waals surface area contributed by atoms with Crippen LogP contribution in [-0.2, 0) is 10.0 Å². The number of hydrogen-bond donors (Lipinski definition) is 3. The van der Waals surface area contributed by atoms with Crippen LogP contribution in [0.1, 0.15) is 0 Å². The third-order valence-corrected chi connectivity index (χ3v) is 4.72. The summed E-state index contributed by atoms with van der Waals surface area (Å²) in [7, 11) is -2.36. The fourth-order valence-electron chi connectivity index (χ4n) is 1.82. The third-order valence-electron chi connectivity index (χ3n) is 2.91. The highest BCUT2D eigenvalue weighted by molar-refractivity contribution is 7.89. The number of nitrogens with one attached hydrogen (secondary N) is 2. The van der Waals surface area contributed by atoms with E-state index in [0.717, 1.165) is 0 Å². The molecule has 0 radical (unpaired) electrons. The van der Waals surface area contributed by atoms with Gasteiger partial charge in [-0.25, -0.2) is 13.1 Å². The fourth-order valence-corrected chi connectivity index (χ4v) is 2.83. The number of benzene rings is 1. The summed E-state index contributed by atoms with van der Waals surface area (Å²) in [6.07, 6.45) is -0.787. The van der Waals surface area contributed by atoms with Gasteiger partial charge in [0.2, 0.25) is 10.0 Å². The van der Waals surface area contributed by atoms with Crippen LogP contribution < -0.4 is 19.5 Å². The summed E-state index contributed by atoms with van der Waals surface area (Å²) in [4.78, 5) is 0.0241. The van der Waals surface area contributed by atoms with Crippen LogP contribution in [0.5, 0.6) is 11.5 Å². The van der Waals surface area contributed by atoms with Gasteiger partial charge in [0.25, 0.3) is 0 Å². The van der Waals surface area contributed by atoms with Gasteiger partial charge in [0.05, 0.1) is 17.7 Å². The SMILES string of the molecule is CNS(=O)(=O)c1cc2c(cc1NCC(O)CCl)OCCO2. The van der Waals surface area contributed by atoms with Crippen molar-refractivity contribution in [1.82, 2.24) is 4.72 Å². The van der Waals surface area contributed by atoms with Gasteiger partial charge in [-0.3, -0.25) is 0 Å². The number of aliphatic hydroxyl groups is 1. The minimum Gasteiger partial charge on any atom is -0.486 e. The average molecular weight is 337 g/mol. The molecule has 118 valence electrons. The van der Waals surface area contributed by atoms with Crippen LogP contribution in [0.15, 0.2) is 17.0 Å². The molecule has 3 N–H and O–H groups in total. The van der Waals surface area contributed by atoms with Crippen molar-refractivity contribution in [2.24, 2.45) is 0 Å². The molecule has 1 unspecified atom stereocenters. The zero-order valence-electron chi connectivity index (χ0n) is 11.4. The molecule has 1 aromatic carbocycles. The topological polar surface area (TPSA) is 96.9 Å². The van der Waals surface area contributed by atoms with Gasteiger partial charge in [-0.15, -0.1) is 11.6 Å². The molecular weight excluding hydrogens is 320 g/mol. The number of hydrogen-bond acceptors (Lipinski definition) is 6. The average Bonchev–Trinajstić information content (AvgIpc) is 2.51. The van der Waals surface area contributed by atoms with Gasteiger partial charge < -0.3 is 19.9 Å². The van der Waals surface area contributed by atoms with Crippen LogP contribution in [0.3, 0.4) is 0 Å². The Kier molecular flexibility index (Phi) is 5.15. The number of halogens is 1. The van der Waals surface area contributed by atoms with Crippen molar-refractivity contribution in [3.05, 3.63) is 12.1 Å². The van der Waals surface area contributed by atoms with Gasteiger partial charge in [0, 0.05) is 18.7 Å². The molecule has 1 aliphatic heterocycles. The first-order valence-electron chi connectivity index (χ1n) is 6.33. The first-order chi connectivity index (χ1) is 9.97. The van der Waals surface area contributed by atoms with Gasteiger partial charge in [0.1, 0.15) is 18.1 Å². The Labute approximate surface area is 128 Å². The van der Waals surface area contributed by atoms with Crippen molar-refractivity contribution in [3.63, 3.8) is 0 Å². The molecular formula is C12H17ClN2O5S. The summed E-state index contributed by atoms with van der Waals surface area (Å²) in [6, 6.07) is 2.94. The maximum atomic E-state index is 12.1. The highest BCUT2D eigenvalue weighted by Gasteiger charge is 2.23. The van der Waals surface area contributed by atoms with Crippen molar-refractivity contribution in [1.29, 1.82) is 0 Å². The van der Waals surface area contributed by atoms with E-state index >= 15 is 0 Å². The lowest BCUT2D eigenvalue weighted by Crippen LogP contribution is -2.25. The van der Waals surface area contributed by atoms with Crippen molar-refractivity contribution in [2.45, 2.75) is 11.0 Å². The summed E-state index contributed by atoms with van der Waals surface area (Å²) >= 11 is 5.53. The van der Waals surface area contributed by atoms with Crippen LogP contribution in [0, 0.1) is 0 Å². The number of sulfonamides is 1. The van der Waals surface area contributed by atoms with Crippen molar-refractivity contribution in [3.8, 4) is 11.5 Å². The molecule has 1 aromatic rings. The number of aliphatic hydroxyl groups excluding tert-OH is 1. The van der Waals surface area contributed by atoms with Crippen LogP contribution >= 0.6 is 11.6 Å². The quantitative estimate of drug-likeness (QED) is 0.650. The third kappa shape index (κ3) is 3.70. The largest absolute Gasteiger partial charge is 0.486 e. The van der Waals surface area contributed by atoms with Crippen molar-refractivity contribution >= 4 is 27.3 Å². The number of fused-ring (bicyclic) bond motifs is 1. The molecule has 0 bridgehead atoms. The predicted octanol–water partition coefficient (Wildman–Crippen LogP) is 0.377. The second kappa shape index (κ2) is 6.69. The van der Waals surface area contributed by atoms with Gasteiger partial charge >= 0.3 is 0 Å². The first kappa shape index (κ1) is 16.2. The molecule has 1 heterocycles. The van der Waals surface area contributed by atoms with E-state index in [4.69, 9.17) is 21.1 Å². The lowest BCUT2D eigenvalue weighted by atomic mass is 10.2. The maximum absolute atomic E-state index is 12.1. The van der Waals surface area contributed by atoms with E-state index in [0.29, 0.717) is 30.4 Å². The zero-order chi connectivity index (χ0) is 15.5. The smallest absolute Gasteiger partial charge is 0.242 e. The van der Waals surface area contributed by atoms with Crippen LogP contribution in [-0.4, -0.2) is 52.3 Å². The van der Waals surface area contributed by atoms with Crippen LogP contribution in [0.4, 0.5) is 5.69 Å². The molecule has 0 fully saturated rings.